The Morgan fingerprint density at radius 3 is 2.92 bits per heavy atom. The number of benzene rings is 2. The fraction of sp³-hybridized carbons (Fsp3) is 0.200. The Kier molecular flexibility index (Phi) is 3.98. The number of furan rings is 1. The molecule has 0 aliphatic rings. The minimum atomic E-state index is -0.188. The summed E-state index contributed by atoms with van der Waals surface area (Å²) in [6.07, 6.45) is 2.52. The van der Waals surface area contributed by atoms with E-state index in [-0.39, 0.29) is 11.1 Å². The van der Waals surface area contributed by atoms with Gasteiger partial charge in [0.25, 0.3) is 5.56 Å². The summed E-state index contributed by atoms with van der Waals surface area (Å²) in [4.78, 5) is 17.0. The van der Waals surface area contributed by atoms with Gasteiger partial charge in [0.15, 0.2) is 0 Å². The van der Waals surface area contributed by atoms with Gasteiger partial charge in [0.1, 0.15) is 23.5 Å². The molecule has 0 N–H and O–H groups in total. The molecule has 0 unspecified atom stereocenters. The van der Waals surface area contributed by atoms with Crippen molar-refractivity contribution in [1.82, 2.24) is 9.55 Å². The van der Waals surface area contributed by atoms with Crippen LogP contribution in [-0.4, -0.2) is 16.2 Å². The van der Waals surface area contributed by atoms with Crippen molar-refractivity contribution in [2.45, 2.75) is 19.9 Å². The van der Waals surface area contributed by atoms with Gasteiger partial charge >= 0.3 is 0 Å². The van der Waals surface area contributed by atoms with Crippen molar-refractivity contribution in [2.75, 3.05) is 6.61 Å². The first-order valence-electron chi connectivity index (χ1n) is 8.34. The molecule has 0 atom stereocenters. The Hall–Kier alpha value is -3.08. The van der Waals surface area contributed by atoms with Gasteiger partial charge in [0.2, 0.25) is 5.58 Å². The highest BCUT2D eigenvalue weighted by molar-refractivity contribution is 6.01. The standard InChI is InChI=1S/C20H18N2O3/c1-2-14-6-5-7-15(12-14)24-11-10-22-13-21-18-16-8-3-4-9-17(16)25-19(18)20(22)23/h3-9,12-13H,2,10-11H2,1H3. The minimum Gasteiger partial charge on any atom is -0.492 e. The number of nitrogens with zero attached hydrogens (tertiary/aromatic N) is 2. The van der Waals surface area contributed by atoms with E-state index in [0.717, 1.165) is 17.6 Å². The maximum Gasteiger partial charge on any atom is 0.297 e. The molecule has 4 aromatic rings. The van der Waals surface area contributed by atoms with Crippen LogP contribution in [-0.2, 0) is 13.0 Å². The molecule has 0 saturated carbocycles. The molecule has 126 valence electrons. The quantitative estimate of drug-likeness (QED) is 0.557. The summed E-state index contributed by atoms with van der Waals surface area (Å²) in [5.41, 5.74) is 2.60. The zero-order chi connectivity index (χ0) is 17.2. The first-order chi connectivity index (χ1) is 12.3. The van der Waals surface area contributed by atoms with Crippen LogP contribution < -0.4 is 10.3 Å². The lowest BCUT2D eigenvalue weighted by Crippen LogP contribution is -2.23. The third kappa shape index (κ3) is 2.89. The van der Waals surface area contributed by atoms with Gasteiger partial charge in [-0.05, 0) is 36.2 Å². The van der Waals surface area contributed by atoms with E-state index in [1.165, 1.54) is 10.1 Å². The third-order valence-electron chi connectivity index (χ3n) is 4.26. The fourth-order valence-corrected chi connectivity index (χ4v) is 2.89. The second-order valence-electron chi connectivity index (χ2n) is 5.87. The molecule has 0 bridgehead atoms. The predicted molar refractivity (Wildman–Crippen MR) is 97.1 cm³/mol. The fourth-order valence-electron chi connectivity index (χ4n) is 2.89. The van der Waals surface area contributed by atoms with Gasteiger partial charge in [-0.15, -0.1) is 0 Å². The van der Waals surface area contributed by atoms with Crippen LogP contribution in [0.3, 0.4) is 0 Å². The number of rotatable bonds is 5. The number of hydrogen-bond acceptors (Lipinski definition) is 4. The SMILES string of the molecule is CCc1cccc(OCCn2cnc3c(oc4ccccc43)c2=O)c1. The van der Waals surface area contributed by atoms with Crippen LogP contribution in [0.4, 0.5) is 0 Å². The second kappa shape index (κ2) is 6.43. The van der Waals surface area contributed by atoms with E-state index < -0.39 is 0 Å². The van der Waals surface area contributed by atoms with Crippen LogP contribution in [0, 0.1) is 0 Å². The highest BCUT2D eigenvalue weighted by atomic mass is 16.5. The summed E-state index contributed by atoms with van der Waals surface area (Å²) in [7, 11) is 0. The Morgan fingerprint density at radius 2 is 2.04 bits per heavy atom. The van der Waals surface area contributed by atoms with Crippen molar-refractivity contribution in [1.29, 1.82) is 0 Å². The first-order valence-corrected chi connectivity index (χ1v) is 8.34. The zero-order valence-corrected chi connectivity index (χ0v) is 13.9. The Balaban J connectivity index is 1.56. The summed E-state index contributed by atoms with van der Waals surface area (Å²) in [5.74, 6) is 0.810. The van der Waals surface area contributed by atoms with Gasteiger partial charge in [-0.3, -0.25) is 9.36 Å². The average molecular weight is 334 g/mol. The lowest BCUT2D eigenvalue weighted by Gasteiger charge is -2.08. The van der Waals surface area contributed by atoms with Crippen LogP contribution in [0.15, 0.2) is 64.1 Å². The summed E-state index contributed by atoms with van der Waals surface area (Å²) in [5, 5.41) is 0.856. The molecule has 25 heavy (non-hydrogen) atoms. The highest BCUT2D eigenvalue weighted by Crippen LogP contribution is 2.24. The van der Waals surface area contributed by atoms with E-state index in [1.54, 1.807) is 6.33 Å². The predicted octanol–water partition coefficient (Wildman–Crippen LogP) is 3.78. The molecule has 5 nitrogen and oxygen atoms in total. The van der Waals surface area contributed by atoms with Gasteiger partial charge < -0.3 is 9.15 Å². The molecule has 2 heterocycles. The molecule has 5 heteroatoms. The third-order valence-corrected chi connectivity index (χ3v) is 4.26. The molecule has 2 aromatic carbocycles. The first kappa shape index (κ1) is 15.4. The van der Waals surface area contributed by atoms with E-state index in [0.29, 0.717) is 24.3 Å². The maximum atomic E-state index is 12.6. The monoisotopic (exact) mass is 334 g/mol. The molecular weight excluding hydrogens is 316 g/mol. The van der Waals surface area contributed by atoms with Gasteiger partial charge in [-0.1, -0.05) is 31.2 Å². The number of aryl methyl sites for hydroxylation is 1. The molecule has 0 radical (unpaired) electrons. The summed E-state index contributed by atoms with van der Waals surface area (Å²) < 4.78 is 13.0. The van der Waals surface area contributed by atoms with Crippen LogP contribution in [0.5, 0.6) is 5.75 Å². The van der Waals surface area contributed by atoms with E-state index in [2.05, 4.69) is 18.0 Å². The topological polar surface area (TPSA) is 57.3 Å². The number of hydrogen-bond donors (Lipinski definition) is 0. The lowest BCUT2D eigenvalue weighted by molar-refractivity contribution is 0.295. The van der Waals surface area contributed by atoms with Crippen molar-refractivity contribution in [3.05, 3.63) is 70.8 Å². The van der Waals surface area contributed by atoms with Crippen LogP contribution >= 0.6 is 0 Å². The van der Waals surface area contributed by atoms with Crippen molar-refractivity contribution >= 4 is 22.1 Å². The van der Waals surface area contributed by atoms with E-state index in [1.807, 2.05) is 42.5 Å². The summed E-state index contributed by atoms with van der Waals surface area (Å²) >= 11 is 0. The molecule has 0 spiro atoms. The van der Waals surface area contributed by atoms with Crippen molar-refractivity contribution in [2.24, 2.45) is 0 Å². The zero-order valence-electron chi connectivity index (χ0n) is 13.9. The van der Waals surface area contributed by atoms with E-state index in [9.17, 15) is 4.79 Å². The van der Waals surface area contributed by atoms with Gasteiger partial charge in [-0.25, -0.2) is 4.98 Å². The molecule has 0 amide bonds. The van der Waals surface area contributed by atoms with Crippen LogP contribution in [0.2, 0.25) is 0 Å². The molecule has 0 aliphatic heterocycles. The summed E-state index contributed by atoms with van der Waals surface area (Å²) in [6, 6.07) is 15.5. The number of ether oxygens (including phenoxy) is 1. The van der Waals surface area contributed by atoms with Crippen molar-refractivity contribution in [3.63, 3.8) is 0 Å². The van der Waals surface area contributed by atoms with E-state index in [4.69, 9.17) is 9.15 Å². The Bertz CT molecular complexity index is 1090. The van der Waals surface area contributed by atoms with Gasteiger partial charge in [0.05, 0.1) is 12.9 Å². The van der Waals surface area contributed by atoms with Gasteiger partial charge in [-0.2, -0.15) is 0 Å². The van der Waals surface area contributed by atoms with Gasteiger partial charge in [0, 0.05) is 5.39 Å². The molecule has 0 aliphatic carbocycles. The van der Waals surface area contributed by atoms with Crippen molar-refractivity contribution < 1.29 is 9.15 Å². The normalized spacial score (nSPS) is 11.2. The maximum absolute atomic E-state index is 12.6. The molecule has 0 saturated heterocycles. The van der Waals surface area contributed by atoms with Crippen LogP contribution in [0.1, 0.15) is 12.5 Å². The average Bonchev–Trinajstić information content (AvgIpc) is 3.03. The molecule has 4 rings (SSSR count). The summed E-state index contributed by atoms with van der Waals surface area (Å²) in [6.45, 7) is 2.91. The molecule has 0 fully saturated rings. The van der Waals surface area contributed by atoms with Crippen molar-refractivity contribution in [3.8, 4) is 5.75 Å². The smallest absolute Gasteiger partial charge is 0.297 e. The minimum absolute atomic E-state index is 0.188. The number of aromatic nitrogens is 2. The number of fused-ring (bicyclic) bond motifs is 3. The largest absolute Gasteiger partial charge is 0.492 e. The Labute approximate surface area is 144 Å². The second-order valence-corrected chi connectivity index (χ2v) is 5.87. The molecular formula is C20H18N2O3. The lowest BCUT2D eigenvalue weighted by atomic mass is 10.2. The highest BCUT2D eigenvalue weighted by Gasteiger charge is 2.12. The molecule has 2 aromatic heterocycles. The van der Waals surface area contributed by atoms with E-state index >= 15 is 0 Å². The Morgan fingerprint density at radius 1 is 1.16 bits per heavy atom. The number of para-hydroxylation sites is 1. The van der Waals surface area contributed by atoms with Crippen LogP contribution in [0.25, 0.3) is 22.1 Å².